The Kier molecular flexibility index (Phi) is 3.88. The lowest BCUT2D eigenvalue weighted by atomic mass is 10.1. The highest BCUT2D eigenvalue weighted by Gasteiger charge is 2.34. The summed E-state index contributed by atoms with van der Waals surface area (Å²) >= 11 is 0. The third-order valence-electron chi connectivity index (χ3n) is 2.78. The minimum Gasteiger partial charge on any atom is -0.507 e. The van der Waals surface area contributed by atoms with Crippen LogP contribution < -0.4 is 5.32 Å². The molecule has 0 aliphatic heterocycles. The summed E-state index contributed by atoms with van der Waals surface area (Å²) in [6.07, 6.45) is -1.89. The van der Waals surface area contributed by atoms with Crippen LogP contribution in [0.1, 0.15) is 22.8 Å². The average molecular weight is 299 g/mol. The van der Waals surface area contributed by atoms with Crippen molar-refractivity contribution < 1.29 is 23.1 Å². The minimum atomic E-state index is -4.70. The zero-order valence-corrected chi connectivity index (χ0v) is 11.0. The third kappa shape index (κ3) is 3.33. The lowest BCUT2D eigenvalue weighted by Crippen LogP contribution is -2.12. The second kappa shape index (κ2) is 5.47. The molecular weight excluding hydrogens is 287 g/mol. The first-order valence-corrected chi connectivity index (χ1v) is 6.05. The highest BCUT2D eigenvalue weighted by atomic mass is 19.4. The van der Waals surface area contributed by atoms with Gasteiger partial charge in [0.1, 0.15) is 5.75 Å². The zero-order chi connectivity index (χ0) is 15.6. The Morgan fingerprint density at radius 2 is 2.14 bits per heavy atom. The summed E-state index contributed by atoms with van der Waals surface area (Å²) in [4.78, 5) is 11.9. The van der Waals surface area contributed by atoms with Crippen LogP contribution in [0.25, 0.3) is 0 Å². The Bertz CT molecular complexity index is 665. The topological polar surface area (TPSA) is 67.2 Å². The van der Waals surface area contributed by atoms with Crippen LogP contribution in [-0.4, -0.2) is 20.8 Å². The summed E-state index contributed by atoms with van der Waals surface area (Å²) in [5, 5.41) is 15.4. The minimum absolute atomic E-state index is 0.0608. The van der Waals surface area contributed by atoms with E-state index in [0.29, 0.717) is 12.6 Å². The molecule has 0 spiro atoms. The van der Waals surface area contributed by atoms with E-state index in [-0.39, 0.29) is 11.3 Å². The maximum atomic E-state index is 12.7. The lowest BCUT2D eigenvalue weighted by Gasteiger charge is -2.11. The second-order valence-corrected chi connectivity index (χ2v) is 4.27. The number of nitrogens with zero attached hydrogens (tertiary/aromatic N) is 2. The van der Waals surface area contributed by atoms with Gasteiger partial charge in [-0.1, -0.05) is 0 Å². The van der Waals surface area contributed by atoms with E-state index in [4.69, 9.17) is 0 Å². The van der Waals surface area contributed by atoms with Gasteiger partial charge >= 0.3 is 6.18 Å². The predicted molar refractivity (Wildman–Crippen MR) is 69.0 cm³/mol. The van der Waals surface area contributed by atoms with Gasteiger partial charge in [0.05, 0.1) is 17.3 Å². The van der Waals surface area contributed by atoms with Crippen LogP contribution in [-0.2, 0) is 12.7 Å². The van der Waals surface area contributed by atoms with E-state index in [9.17, 15) is 23.1 Å². The summed E-state index contributed by atoms with van der Waals surface area (Å²) in [5.41, 5.74) is -1.03. The van der Waals surface area contributed by atoms with Gasteiger partial charge in [-0.05, 0) is 25.1 Å². The number of phenols is 1. The van der Waals surface area contributed by atoms with Gasteiger partial charge in [-0.2, -0.15) is 18.3 Å². The molecule has 0 atom stereocenters. The number of halogens is 3. The molecule has 2 aromatic rings. The smallest absolute Gasteiger partial charge is 0.420 e. The molecule has 1 aromatic carbocycles. The molecule has 21 heavy (non-hydrogen) atoms. The number of aryl methyl sites for hydroxylation is 1. The van der Waals surface area contributed by atoms with Crippen molar-refractivity contribution >= 4 is 11.6 Å². The number of rotatable bonds is 3. The van der Waals surface area contributed by atoms with Gasteiger partial charge in [-0.25, -0.2) is 0 Å². The van der Waals surface area contributed by atoms with Crippen LogP contribution in [0.15, 0.2) is 30.6 Å². The first-order valence-electron chi connectivity index (χ1n) is 6.05. The summed E-state index contributed by atoms with van der Waals surface area (Å²) < 4.78 is 39.5. The van der Waals surface area contributed by atoms with Gasteiger partial charge in [-0.3, -0.25) is 9.48 Å². The van der Waals surface area contributed by atoms with E-state index < -0.39 is 23.4 Å². The average Bonchev–Trinajstić information content (AvgIpc) is 2.88. The van der Waals surface area contributed by atoms with Crippen molar-refractivity contribution in [2.75, 3.05) is 5.32 Å². The van der Waals surface area contributed by atoms with Gasteiger partial charge in [0, 0.05) is 18.4 Å². The van der Waals surface area contributed by atoms with Crippen LogP contribution in [0, 0.1) is 0 Å². The maximum absolute atomic E-state index is 12.7. The van der Waals surface area contributed by atoms with E-state index in [2.05, 4.69) is 10.4 Å². The fourth-order valence-corrected chi connectivity index (χ4v) is 1.70. The van der Waals surface area contributed by atoms with Crippen molar-refractivity contribution in [3.05, 3.63) is 41.7 Å². The molecule has 0 fully saturated rings. The molecule has 0 aliphatic carbocycles. The largest absolute Gasteiger partial charge is 0.507 e. The van der Waals surface area contributed by atoms with Crippen LogP contribution in [0.2, 0.25) is 0 Å². The number of carbonyl (C=O) groups excluding carboxylic acids is 1. The maximum Gasteiger partial charge on any atom is 0.420 e. The molecule has 112 valence electrons. The first-order chi connectivity index (χ1) is 9.81. The number of aromatic nitrogens is 2. The summed E-state index contributed by atoms with van der Waals surface area (Å²) in [6, 6.07) is 2.75. The number of anilines is 1. The van der Waals surface area contributed by atoms with Crippen molar-refractivity contribution in [3.8, 4) is 5.75 Å². The van der Waals surface area contributed by atoms with Crippen molar-refractivity contribution in [2.24, 2.45) is 0 Å². The highest BCUT2D eigenvalue weighted by Crippen LogP contribution is 2.37. The number of hydrogen-bond donors (Lipinski definition) is 2. The molecule has 1 amide bonds. The Labute approximate surface area is 118 Å². The molecule has 0 unspecified atom stereocenters. The number of carbonyl (C=O) groups is 1. The zero-order valence-electron chi connectivity index (χ0n) is 11.0. The Balaban J connectivity index is 2.21. The number of nitrogens with one attached hydrogen (secondary N) is 1. The van der Waals surface area contributed by atoms with E-state index in [1.807, 2.05) is 6.92 Å². The van der Waals surface area contributed by atoms with E-state index >= 15 is 0 Å². The van der Waals surface area contributed by atoms with Crippen molar-refractivity contribution in [1.29, 1.82) is 0 Å². The molecule has 0 radical (unpaired) electrons. The molecule has 0 aliphatic rings. The Morgan fingerprint density at radius 3 is 2.71 bits per heavy atom. The molecule has 0 saturated carbocycles. The van der Waals surface area contributed by atoms with Gasteiger partial charge in [0.2, 0.25) is 0 Å². The highest BCUT2D eigenvalue weighted by molar-refractivity contribution is 6.04. The molecule has 2 rings (SSSR count). The molecule has 0 bridgehead atoms. The number of alkyl halides is 3. The summed E-state index contributed by atoms with van der Waals surface area (Å²) in [7, 11) is 0. The number of amides is 1. The van der Waals surface area contributed by atoms with E-state index in [1.54, 1.807) is 0 Å². The van der Waals surface area contributed by atoms with Gasteiger partial charge in [-0.15, -0.1) is 0 Å². The standard InChI is InChI=1S/C13H12F3N3O2/c1-2-19-7-8(6-17-19)12(21)18-9-3-4-11(20)10(5-9)13(14,15)16/h3-7,20H,2H2,1H3,(H,18,21). The lowest BCUT2D eigenvalue weighted by molar-refractivity contribution is -0.138. The van der Waals surface area contributed by atoms with Crippen molar-refractivity contribution in [1.82, 2.24) is 9.78 Å². The van der Waals surface area contributed by atoms with Crippen LogP contribution in [0.4, 0.5) is 18.9 Å². The first kappa shape index (κ1) is 14.9. The summed E-state index contributed by atoms with van der Waals surface area (Å²) in [5.74, 6) is -1.46. The Morgan fingerprint density at radius 1 is 1.43 bits per heavy atom. The molecule has 1 aromatic heterocycles. The Hall–Kier alpha value is -2.51. The molecular formula is C13H12F3N3O2. The monoisotopic (exact) mass is 299 g/mol. The van der Waals surface area contributed by atoms with Gasteiger partial charge in [0.25, 0.3) is 5.91 Å². The van der Waals surface area contributed by atoms with E-state index in [0.717, 1.165) is 6.07 Å². The molecule has 1 heterocycles. The van der Waals surface area contributed by atoms with Crippen LogP contribution in [0.5, 0.6) is 5.75 Å². The quantitative estimate of drug-likeness (QED) is 0.856. The van der Waals surface area contributed by atoms with E-state index in [1.165, 1.54) is 23.1 Å². The van der Waals surface area contributed by atoms with Crippen LogP contribution in [0.3, 0.4) is 0 Å². The number of hydrogen-bond acceptors (Lipinski definition) is 3. The van der Waals surface area contributed by atoms with Crippen LogP contribution >= 0.6 is 0 Å². The number of benzene rings is 1. The molecule has 2 N–H and O–H groups in total. The number of phenolic OH excluding ortho intramolecular Hbond substituents is 1. The second-order valence-electron chi connectivity index (χ2n) is 4.27. The van der Waals surface area contributed by atoms with Crippen molar-refractivity contribution in [3.63, 3.8) is 0 Å². The fraction of sp³-hybridized carbons (Fsp3) is 0.231. The normalized spacial score (nSPS) is 11.4. The third-order valence-corrected chi connectivity index (χ3v) is 2.78. The predicted octanol–water partition coefficient (Wildman–Crippen LogP) is 2.88. The molecule has 8 heteroatoms. The number of aromatic hydroxyl groups is 1. The molecule has 0 saturated heterocycles. The fourth-order valence-electron chi connectivity index (χ4n) is 1.70. The SMILES string of the molecule is CCn1cc(C(=O)Nc2ccc(O)c(C(F)(F)F)c2)cn1. The van der Waals surface area contributed by atoms with Crippen molar-refractivity contribution in [2.45, 2.75) is 19.6 Å². The van der Waals surface area contributed by atoms with Gasteiger partial charge < -0.3 is 10.4 Å². The molecule has 5 nitrogen and oxygen atoms in total. The summed E-state index contributed by atoms with van der Waals surface area (Å²) in [6.45, 7) is 2.41. The van der Waals surface area contributed by atoms with Gasteiger partial charge in [0.15, 0.2) is 0 Å².